The molecular formula is C13H24N2O2. The van der Waals surface area contributed by atoms with E-state index in [1.54, 1.807) is 4.90 Å². The molecule has 2 aliphatic heterocycles. The summed E-state index contributed by atoms with van der Waals surface area (Å²) in [6.45, 7) is 5.09. The summed E-state index contributed by atoms with van der Waals surface area (Å²) < 4.78 is 0. The third kappa shape index (κ3) is 4.75. The second kappa shape index (κ2) is 7.30. The summed E-state index contributed by atoms with van der Waals surface area (Å²) >= 11 is 0. The van der Waals surface area contributed by atoms with Gasteiger partial charge in [-0.3, -0.25) is 9.59 Å². The number of hydrogen-bond donors (Lipinski definition) is 0. The molecule has 0 atom stereocenters. The first kappa shape index (κ1) is 14.0. The van der Waals surface area contributed by atoms with Crippen LogP contribution >= 0.6 is 0 Å². The maximum absolute atomic E-state index is 11.0. The van der Waals surface area contributed by atoms with Crippen LogP contribution in [0.3, 0.4) is 0 Å². The lowest BCUT2D eigenvalue weighted by molar-refractivity contribution is -0.128. The van der Waals surface area contributed by atoms with E-state index in [0.29, 0.717) is 11.8 Å². The van der Waals surface area contributed by atoms with Crippen LogP contribution in [0.5, 0.6) is 0 Å². The van der Waals surface area contributed by atoms with Crippen molar-refractivity contribution >= 4 is 11.8 Å². The van der Waals surface area contributed by atoms with Crippen LogP contribution in [-0.2, 0) is 9.59 Å². The smallest absolute Gasteiger partial charge is 0.222 e. The van der Waals surface area contributed by atoms with Gasteiger partial charge in [0.2, 0.25) is 11.8 Å². The number of amides is 2. The zero-order chi connectivity index (χ0) is 12.7. The minimum absolute atomic E-state index is 0.292. The molecule has 0 spiro atoms. The first-order valence-corrected chi connectivity index (χ1v) is 6.67. The predicted octanol–water partition coefficient (Wildman–Crippen LogP) is 1.65. The zero-order valence-electron chi connectivity index (χ0n) is 11.1. The third-order valence-corrected chi connectivity index (χ3v) is 3.26. The van der Waals surface area contributed by atoms with E-state index in [1.165, 1.54) is 6.42 Å². The van der Waals surface area contributed by atoms with Gasteiger partial charge in [-0.1, -0.05) is 13.3 Å². The van der Waals surface area contributed by atoms with Crippen LogP contribution in [0.4, 0.5) is 0 Å². The van der Waals surface area contributed by atoms with E-state index in [-0.39, 0.29) is 0 Å². The van der Waals surface area contributed by atoms with Crippen molar-refractivity contribution in [1.82, 2.24) is 9.80 Å². The summed E-state index contributed by atoms with van der Waals surface area (Å²) in [7, 11) is 1.84. The molecule has 0 aromatic heterocycles. The van der Waals surface area contributed by atoms with Gasteiger partial charge in [-0.2, -0.15) is 0 Å². The van der Waals surface area contributed by atoms with E-state index in [1.807, 2.05) is 11.9 Å². The highest BCUT2D eigenvalue weighted by Gasteiger charge is 2.18. The molecule has 17 heavy (non-hydrogen) atoms. The van der Waals surface area contributed by atoms with Crippen molar-refractivity contribution in [2.45, 2.75) is 45.4 Å². The number of nitrogens with zero attached hydrogens (tertiary/aromatic N) is 2. The summed E-state index contributed by atoms with van der Waals surface area (Å²) in [5.74, 6) is 0.647. The Morgan fingerprint density at radius 3 is 2.06 bits per heavy atom. The Morgan fingerprint density at radius 1 is 1.06 bits per heavy atom. The number of hydrogen-bond acceptors (Lipinski definition) is 2. The fourth-order valence-electron chi connectivity index (χ4n) is 2.07. The maximum atomic E-state index is 11.0. The quantitative estimate of drug-likeness (QED) is 0.752. The Bertz CT molecular complexity index is 266. The first-order valence-electron chi connectivity index (χ1n) is 6.67. The van der Waals surface area contributed by atoms with E-state index < -0.39 is 0 Å². The van der Waals surface area contributed by atoms with Crippen LogP contribution in [0.1, 0.15) is 45.4 Å². The van der Waals surface area contributed by atoms with E-state index in [4.69, 9.17) is 0 Å². The van der Waals surface area contributed by atoms with Crippen molar-refractivity contribution in [2.75, 3.05) is 26.7 Å². The summed E-state index contributed by atoms with van der Waals surface area (Å²) in [4.78, 5) is 25.2. The summed E-state index contributed by atoms with van der Waals surface area (Å²) in [6.07, 6.45) is 6.01. The molecule has 0 aromatic rings. The normalized spacial score (nSPS) is 19.6. The molecule has 2 saturated heterocycles. The Morgan fingerprint density at radius 2 is 1.71 bits per heavy atom. The van der Waals surface area contributed by atoms with Crippen molar-refractivity contribution in [3.63, 3.8) is 0 Å². The molecule has 0 saturated carbocycles. The Hall–Kier alpha value is -1.06. The minimum atomic E-state index is 0.292. The average molecular weight is 240 g/mol. The van der Waals surface area contributed by atoms with Gasteiger partial charge < -0.3 is 9.80 Å². The third-order valence-electron chi connectivity index (χ3n) is 3.26. The lowest BCUT2D eigenvalue weighted by Gasteiger charge is -2.13. The average Bonchev–Trinajstić information content (AvgIpc) is 2.87. The van der Waals surface area contributed by atoms with Crippen molar-refractivity contribution in [3.8, 4) is 0 Å². The summed E-state index contributed by atoms with van der Waals surface area (Å²) in [5, 5.41) is 0. The van der Waals surface area contributed by atoms with Gasteiger partial charge in [0, 0.05) is 39.5 Å². The molecule has 4 heteroatoms. The van der Waals surface area contributed by atoms with Crippen molar-refractivity contribution in [3.05, 3.63) is 0 Å². The zero-order valence-corrected chi connectivity index (χ0v) is 11.1. The molecule has 2 rings (SSSR count). The Balaban J connectivity index is 0.000000181. The second-order valence-electron chi connectivity index (χ2n) is 4.76. The lowest BCUT2D eigenvalue weighted by Crippen LogP contribution is -2.25. The first-order chi connectivity index (χ1) is 8.15. The van der Waals surface area contributed by atoms with Gasteiger partial charge in [0.15, 0.2) is 0 Å². The van der Waals surface area contributed by atoms with Gasteiger partial charge >= 0.3 is 0 Å². The van der Waals surface area contributed by atoms with E-state index in [2.05, 4.69) is 6.92 Å². The van der Waals surface area contributed by atoms with Gasteiger partial charge in [0.1, 0.15) is 0 Å². The predicted molar refractivity (Wildman–Crippen MR) is 67.6 cm³/mol. The van der Waals surface area contributed by atoms with Crippen molar-refractivity contribution in [1.29, 1.82) is 0 Å². The summed E-state index contributed by atoms with van der Waals surface area (Å²) in [6, 6.07) is 0. The standard InChI is InChI=1S/C8H15NO.C5H9NO/c1-2-3-6-9-7-4-5-8(9)10;1-6-4-2-3-5(6)7/h2-7H2,1H3;2-4H2,1H3. The Labute approximate surface area is 104 Å². The number of rotatable bonds is 3. The molecule has 2 aliphatic rings. The molecule has 4 nitrogen and oxygen atoms in total. The number of likely N-dealkylation sites (tertiary alicyclic amines) is 2. The van der Waals surface area contributed by atoms with Crippen LogP contribution in [0, 0.1) is 0 Å². The molecule has 0 N–H and O–H groups in total. The highest BCUT2D eigenvalue weighted by atomic mass is 16.2. The van der Waals surface area contributed by atoms with Crippen molar-refractivity contribution in [2.24, 2.45) is 0 Å². The Kier molecular flexibility index (Phi) is 6.01. The molecule has 0 radical (unpaired) electrons. The molecule has 0 aromatic carbocycles. The topological polar surface area (TPSA) is 40.6 Å². The SMILES string of the molecule is CCCCN1CCCC1=O.CN1CCCC1=O. The fourth-order valence-corrected chi connectivity index (χ4v) is 2.07. The lowest BCUT2D eigenvalue weighted by atomic mass is 10.3. The molecule has 2 amide bonds. The number of carbonyl (C=O) groups is 2. The van der Waals surface area contributed by atoms with Crippen molar-refractivity contribution < 1.29 is 9.59 Å². The van der Waals surface area contributed by atoms with Crippen LogP contribution in [-0.4, -0.2) is 48.3 Å². The molecule has 2 heterocycles. The molecule has 2 fully saturated rings. The molecule has 0 unspecified atom stereocenters. The largest absolute Gasteiger partial charge is 0.346 e. The van der Waals surface area contributed by atoms with Gasteiger partial charge in [-0.15, -0.1) is 0 Å². The monoisotopic (exact) mass is 240 g/mol. The molecule has 0 aliphatic carbocycles. The van der Waals surface area contributed by atoms with E-state index in [0.717, 1.165) is 51.7 Å². The van der Waals surface area contributed by atoms with Gasteiger partial charge in [-0.05, 0) is 19.3 Å². The molecule has 98 valence electrons. The van der Waals surface area contributed by atoms with E-state index >= 15 is 0 Å². The van der Waals surface area contributed by atoms with Crippen LogP contribution in [0.25, 0.3) is 0 Å². The van der Waals surface area contributed by atoms with Gasteiger partial charge in [-0.25, -0.2) is 0 Å². The minimum Gasteiger partial charge on any atom is -0.346 e. The second-order valence-corrected chi connectivity index (χ2v) is 4.76. The van der Waals surface area contributed by atoms with E-state index in [9.17, 15) is 9.59 Å². The summed E-state index contributed by atoms with van der Waals surface area (Å²) in [5.41, 5.74) is 0. The van der Waals surface area contributed by atoms with Gasteiger partial charge in [0.25, 0.3) is 0 Å². The molecular weight excluding hydrogens is 216 g/mol. The van der Waals surface area contributed by atoms with Crippen LogP contribution < -0.4 is 0 Å². The number of unbranched alkanes of at least 4 members (excludes halogenated alkanes) is 1. The maximum Gasteiger partial charge on any atom is 0.222 e. The number of carbonyl (C=O) groups excluding carboxylic acids is 2. The van der Waals surface area contributed by atoms with Crippen LogP contribution in [0.15, 0.2) is 0 Å². The fraction of sp³-hybridized carbons (Fsp3) is 0.846. The van der Waals surface area contributed by atoms with Gasteiger partial charge in [0.05, 0.1) is 0 Å². The highest BCUT2D eigenvalue weighted by Crippen LogP contribution is 2.09. The van der Waals surface area contributed by atoms with Crippen LogP contribution in [0.2, 0.25) is 0 Å². The highest BCUT2D eigenvalue weighted by molar-refractivity contribution is 5.78. The molecule has 0 bridgehead atoms.